The molecule has 0 aliphatic heterocycles. The summed E-state index contributed by atoms with van der Waals surface area (Å²) in [7, 11) is 1.94. The SMILES string of the molecule is COC1(C)CCC2C(C2(C)C)C2(C)C1CCC2(C)C. The van der Waals surface area contributed by atoms with Crippen LogP contribution in [-0.2, 0) is 4.74 Å². The minimum Gasteiger partial charge on any atom is -0.378 e. The first-order chi connectivity index (χ1) is 8.61. The Bertz CT molecular complexity index is 396. The smallest absolute Gasteiger partial charge is 0.0684 e. The number of fused-ring (bicyclic) bond motifs is 3. The van der Waals surface area contributed by atoms with Crippen LogP contribution < -0.4 is 0 Å². The standard InChI is InChI=1S/C18H32O/c1-15(2)10-9-13-17(5,19-7)11-8-12-14(16(12,3)4)18(13,15)6/h12-14H,8-11H2,1-7H3. The maximum atomic E-state index is 6.07. The minimum absolute atomic E-state index is 0.103. The van der Waals surface area contributed by atoms with E-state index < -0.39 is 0 Å². The fourth-order valence-corrected chi connectivity index (χ4v) is 6.46. The molecule has 5 atom stereocenters. The maximum Gasteiger partial charge on any atom is 0.0684 e. The molecule has 3 aliphatic carbocycles. The second-order valence-corrected chi connectivity index (χ2v) is 9.22. The molecule has 0 amide bonds. The number of rotatable bonds is 1. The van der Waals surface area contributed by atoms with E-state index in [0.29, 0.717) is 16.2 Å². The Hall–Kier alpha value is -0.0400. The van der Waals surface area contributed by atoms with E-state index in [0.717, 1.165) is 17.8 Å². The van der Waals surface area contributed by atoms with Crippen molar-refractivity contribution in [3.05, 3.63) is 0 Å². The quantitative estimate of drug-likeness (QED) is 0.654. The Morgan fingerprint density at radius 1 is 0.895 bits per heavy atom. The molecule has 0 aromatic carbocycles. The lowest BCUT2D eigenvalue weighted by Crippen LogP contribution is -2.48. The normalized spacial score (nSPS) is 54.2. The molecule has 19 heavy (non-hydrogen) atoms. The highest BCUT2D eigenvalue weighted by Gasteiger charge is 2.74. The van der Waals surface area contributed by atoms with E-state index in [4.69, 9.17) is 4.74 Å². The molecule has 1 nitrogen and oxygen atoms in total. The molecule has 0 saturated heterocycles. The lowest BCUT2D eigenvalue weighted by atomic mass is 9.58. The average molecular weight is 264 g/mol. The van der Waals surface area contributed by atoms with Gasteiger partial charge in [-0.15, -0.1) is 0 Å². The molecule has 0 aromatic rings. The number of ether oxygens (including phenoxy) is 1. The van der Waals surface area contributed by atoms with Gasteiger partial charge in [-0.2, -0.15) is 0 Å². The summed E-state index contributed by atoms with van der Waals surface area (Å²) in [5.41, 5.74) is 1.57. The molecule has 110 valence electrons. The van der Waals surface area contributed by atoms with Gasteiger partial charge in [-0.05, 0) is 66.6 Å². The van der Waals surface area contributed by atoms with Crippen molar-refractivity contribution in [2.45, 2.75) is 72.8 Å². The summed E-state index contributed by atoms with van der Waals surface area (Å²) in [6, 6.07) is 0. The van der Waals surface area contributed by atoms with Crippen LogP contribution in [0.2, 0.25) is 0 Å². The van der Waals surface area contributed by atoms with E-state index in [1.54, 1.807) is 0 Å². The van der Waals surface area contributed by atoms with Crippen LogP contribution in [0.3, 0.4) is 0 Å². The summed E-state index contributed by atoms with van der Waals surface area (Å²) in [4.78, 5) is 0. The molecule has 0 aromatic heterocycles. The molecule has 3 saturated carbocycles. The zero-order chi connectivity index (χ0) is 14.3. The lowest BCUT2D eigenvalue weighted by Gasteiger charge is -2.49. The predicted molar refractivity (Wildman–Crippen MR) is 80.0 cm³/mol. The van der Waals surface area contributed by atoms with Crippen LogP contribution in [0.4, 0.5) is 0 Å². The number of hydrogen-bond donors (Lipinski definition) is 0. The first-order valence-corrected chi connectivity index (χ1v) is 8.16. The molecular weight excluding hydrogens is 232 g/mol. The highest BCUT2D eigenvalue weighted by Crippen LogP contribution is 2.79. The Labute approximate surface area is 119 Å². The van der Waals surface area contributed by atoms with Crippen molar-refractivity contribution in [1.82, 2.24) is 0 Å². The van der Waals surface area contributed by atoms with Crippen LogP contribution in [-0.4, -0.2) is 12.7 Å². The summed E-state index contributed by atoms with van der Waals surface area (Å²) >= 11 is 0. The fourth-order valence-electron chi connectivity index (χ4n) is 6.46. The molecule has 1 heteroatoms. The largest absolute Gasteiger partial charge is 0.378 e. The van der Waals surface area contributed by atoms with Crippen molar-refractivity contribution in [3.8, 4) is 0 Å². The molecular formula is C18H32O. The second kappa shape index (κ2) is 3.59. The van der Waals surface area contributed by atoms with Gasteiger partial charge in [-0.25, -0.2) is 0 Å². The third kappa shape index (κ3) is 1.46. The Balaban J connectivity index is 2.09. The first kappa shape index (κ1) is 13.9. The van der Waals surface area contributed by atoms with Crippen molar-refractivity contribution in [2.75, 3.05) is 7.11 Å². The van der Waals surface area contributed by atoms with E-state index in [1.165, 1.54) is 25.7 Å². The van der Waals surface area contributed by atoms with Crippen molar-refractivity contribution in [2.24, 2.45) is 34.0 Å². The third-order valence-electron chi connectivity index (χ3n) is 8.09. The van der Waals surface area contributed by atoms with Gasteiger partial charge in [0.2, 0.25) is 0 Å². The Kier molecular flexibility index (Phi) is 2.63. The van der Waals surface area contributed by atoms with E-state index in [-0.39, 0.29) is 5.60 Å². The molecule has 0 N–H and O–H groups in total. The van der Waals surface area contributed by atoms with Crippen LogP contribution in [0, 0.1) is 34.0 Å². The minimum atomic E-state index is 0.103. The Morgan fingerprint density at radius 2 is 1.53 bits per heavy atom. The van der Waals surface area contributed by atoms with Crippen molar-refractivity contribution in [1.29, 1.82) is 0 Å². The zero-order valence-electron chi connectivity index (χ0n) is 14.0. The monoisotopic (exact) mass is 264 g/mol. The van der Waals surface area contributed by atoms with Crippen molar-refractivity contribution < 1.29 is 4.74 Å². The van der Waals surface area contributed by atoms with Gasteiger partial charge in [0.1, 0.15) is 0 Å². The zero-order valence-corrected chi connectivity index (χ0v) is 14.0. The van der Waals surface area contributed by atoms with Gasteiger partial charge in [0.05, 0.1) is 5.60 Å². The summed E-state index contributed by atoms with van der Waals surface area (Å²) in [6.45, 7) is 15.0. The maximum absolute atomic E-state index is 6.07. The van der Waals surface area contributed by atoms with Gasteiger partial charge in [-0.3, -0.25) is 0 Å². The van der Waals surface area contributed by atoms with Crippen LogP contribution in [0.25, 0.3) is 0 Å². The Morgan fingerprint density at radius 3 is 2.11 bits per heavy atom. The van der Waals surface area contributed by atoms with Crippen LogP contribution in [0.1, 0.15) is 67.2 Å². The van der Waals surface area contributed by atoms with Gasteiger partial charge in [-0.1, -0.05) is 34.6 Å². The fraction of sp³-hybridized carbons (Fsp3) is 1.00. The van der Waals surface area contributed by atoms with Gasteiger partial charge >= 0.3 is 0 Å². The highest BCUT2D eigenvalue weighted by atomic mass is 16.5. The van der Waals surface area contributed by atoms with Crippen LogP contribution in [0.15, 0.2) is 0 Å². The van der Waals surface area contributed by atoms with Crippen LogP contribution in [0.5, 0.6) is 0 Å². The van der Waals surface area contributed by atoms with E-state index in [9.17, 15) is 0 Å². The van der Waals surface area contributed by atoms with Crippen LogP contribution >= 0.6 is 0 Å². The van der Waals surface area contributed by atoms with E-state index in [1.807, 2.05) is 7.11 Å². The number of hydrogen-bond acceptors (Lipinski definition) is 1. The molecule has 0 radical (unpaired) electrons. The molecule has 3 fully saturated rings. The van der Waals surface area contributed by atoms with Gasteiger partial charge in [0.25, 0.3) is 0 Å². The predicted octanol–water partition coefficient (Wildman–Crippen LogP) is 4.90. The molecule has 0 bridgehead atoms. The summed E-state index contributed by atoms with van der Waals surface area (Å²) in [6.07, 6.45) is 5.34. The molecule has 0 heterocycles. The van der Waals surface area contributed by atoms with Gasteiger partial charge < -0.3 is 4.74 Å². The summed E-state index contributed by atoms with van der Waals surface area (Å²) in [5.74, 6) is 2.56. The first-order valence-electron chi connectivity index (χ1n) is 8.16. The lowest BCUT2D eigenvalue weighted by molar-refractivity contribution is -0.105. The highest BCUT2D eigenvalue weighted by molar-refractivity contribution is 5.22. The molecule has 0 spiro atoms. The van der Waals surface area contributed by atoms with Gasteiger partial charge in [0, 0.05) is 7.11 Å². The van der Waals surface area contributed by atoms with Gasteiger partial charge in [0.15, 0.2) is 0 Å². The molecule has 5 unspecified atom stereocenters. The molecule has 3 rings (SSSR count). The summed E-state index contributed by atoms with van der Waals surface area (Å²) < 4.78 is 6.07. The summed E-state index contributed by atoms with van der Waals surface area (Å²) in [5, 5.41) is 0. The topological polar surface area (TPSA) is 9.23 Å². The van der Waals surface area contributed by atoms with Crippen molar-refractivity contribution in [3.63, 3.8) is 0 Å². The average Bonchev–Trinajstić information content (AvgIpc) is 2.81. The van der Waals surface area contributed by atoms with Crippen molar-refractivity contribution >= 4 is 0 Å². The molecule has 3 aliphatic rings. The number of methoxy groups -OCH3 is 1. The third-order valence-corrected chi connectivity index (χ3v) is 8.09. The van der Waals surface area contributed by atoms with E-state index >= 15 is 0 Å². The second-order valence-electron chi connectivity index (χ2n) is 9.22. The van der Waals surface area contributed by atoms with E-state index in [2.05, 4.69) is 41.5 Å².